The van der Waals surface area contributed by atoms with Crippen LogP contribution in [0.15, 0.2) is 109 Å². The van der Waals surface area contributed by atoms with E-state index in [0.717, 1.165) is 63.8 Å². The van der Waals surface area contributed by atoms with E-state index < -0.39 is 23.8 Å². The molecule has 4 atom stereocenters. The molecule has 0 bridgehead atoms. The van der Waals surface area contributed by atoms with Crippen LogP contribution in [0.25, 0.3) is 45.2 Å². The van der Waals surface area contributed by atoms with Crippen molar-refractivity contribution in [3.05, 3.63) is 154 Å². The Kier molecular flexibility index (Phi) is 10.6. The molecule has 0 saturated heterocycles. The number of halogens is 2. The van der Waals surface area contributed by atoms with Gasteiger partial charge in [0.2, 0.25) is 11.9 Å². The standard InChI is InChI=1S/2C25H23FN6O/c2*1-14(33)22-13-28-32-24(22)30-23(17-9-18(26)12-27-11-17)31-25(32)29-19-7-6-16-8-15-4-2-3-5-20(15)21(16)10-19/h2*2-5,9,11-14,19,33H,6-8,10H2,1H3,(H,29,30,31)/t14-,19+;14-,19-/m01/s1. The molecular weight excluding hydrogens is 839 g/mol. The molecule has 0 spiro atoms. The number of anilines is 2. The first kappa shape index (κ1) is 41.4. The SMILES string of the molecule is C[C@@H](O)c1cnn2c(N[C@@H]3CCC4=C(C3)c3ccccc3C4)nc(-c3cncc(F)c3)nc12.C[C@H](O)c1cnn2c(N[C@@H]3CCC4=C(C3)c3ccccc3C4)nc(-c3cncc(F)c3)nc12. The molecule has 14 nitrogen and oxygen atoms in total. The van der Waals surface area contributed by atoms with Gasteiger partial charge in [0, 0.05) is 46.7 Å². The maximum atomic E-state index is 13.8. The van der Waals surface area contributed by atoms with Crippen molar-refractivity contribution in [2.45, 2.75) is 89.5 Å². The van der Waals surface area contributed by atoms with Crippen LogP contribution in [0.4, 0.5) is 20.7 Å². The van der Waals surface area contributed by atoms with E-state index in [0.29, 0.717) is 57.1 Å². The quantitative estimate of drug-likeness (QED) is 0.114. The molecule has 66 heavy (non-hydrogen) atoms. The zero-order valence-corrected chi connectivity index (χ0v) is 36.3. The maximum absolute atomic E-state index is 13.8. The van der Waals surface area contributed by atoms with Crippen molar-refractivity contribution in [1.82, 2.24) is 49.1 Å². The lowest BCUT2D eigenvalue weighted by molar-refractivity contribution is 0.200. The average Bonchev–Trinajstić information content (AvgIpc) is 4.12. The normalized spacial score (nSPS) is 18.3. The van der Waals surface area contributed by atoms with Crippen LogP contribution in [-0.4, -0.2) is 71.4 Å². The van der Waals surface area contributed by atoms with Crippen molar-refractivity contribution in [2.75, 3.05) is 10.6 Å². The Morgan fingerprint density at radius 1 is 0.591 bits per heavy atom. The van der Waals surface area contributed by atoms with Crippen molar-refractivity contribution in [2.24, 2.45) is 0 Å². The van der Waals surface area contributed by atoms with Gasteiger partial charge in [-0.15, -0.1) is 0 Å². The van der Waals surface area contributed by atoms with E-state index in [2.05, 4.69) is 99.3 Å². The highest BCUT2D eigenvalue weighted by Gasteiger charge is 2.31. The predicted molar refractivity (Wildman–Crippen MR) is 246 cm³/mol. The number of hydrogen-bond donors (Lipinski definition) is 4. The van der Waals surface area contributed by atoms with Gasteiger partial charge in [-0.1, -0.05) is 59.7 Å². The van der Waals surface area contributed by atoms with E-state index in [1.807, 2.05) is 0 Å². The highest BCUT2D eigenvalue weighted by atomic mass is 19.1. The van der Waals surface area contributed by atoms with Crippen LogP contribution in [0, 0.1) is 11.6 Å². The number of aliphatic hydroxyl groups excluding tert-OH is 2. The fourth-order valence-electron chi connectivity index (χ4n) is 9.88. The Hall–Kier alpha value is -7.30. The Bertz CT molecular complexity index is 3030. The minimum absolute atomic E-state index is 0.172. The molecule has 0 unspecified atom stereocenters. The smallest absolute Gasteiger partial charge is 0.228 e. The van der Waals surface area contributed by atoms with Crippen molar-refractivity contribution >= 4 is 34.3 Å². The number of pyridine rings is 2. The molecule has 12 rings (SSSR count). The highest BCUT2D eigenvalue weighted by molar-refractivity contribution is 5.79. The molecule has 0 aliphatic heterocycles. The summed E-state index contributed by atoms with van der Waals surface area (Å²) < 4.78 is 30.9. The lowest BCUT2D eigenvalue weighted by Gasteiger charge is -2.26. The van der Waals surface area contributed by atoms with Gasteiger partial charge >= 0.3 is 0 Å². The summed E-state index contributed by atoms with van der Waals surface area (Å²) >= 11 is 0. The van der Waals surface area contributed by atoms with Crippen LogP contribution in [0.2, 0.25) is 0 Å². The number of benzene rings is 2. The van der Waals surface area contributed by atoms with Crippen molar-refractivity contribution in [3.8, 4) is 22.8 Å². The minimum Gasteiger partial charge on any atom is -0.389 e. The number of allylic oxidation sites excluding steroid dienone is 2. The molecule has 6 heterocycles. The van der Waals surface area contributed by atoms with Gasteiger partial charge in [0.15, 0.2) is 22.9 Å². The van der Waals surface area contributed by atoms with Gasteiger partial charge in [0.1, 0.15) is 11.6 Å². The van der Waals surface area contributed by atoms with Gasteiger partial charge in [0.25, 0.3) is 0 Å². The van der Waals surface area contributed by atoms with Crippen LogP contribution in [0.5, 0.6) is 0 Å². The molecule has 0 radical (unpaired) electrons. The number of nitrogens with one attached hydrogen (secondary N) is 2. The molecule has 4 aliphatic rings. The fourth-order valence-corrected chi connectivity index (χ4v) is 9.88. The van der Waals surface area contributed by atoms with E-state index in [1.165, 1.54) is 69.1 Å². The first-order valence-corrected chi connectivity index (χ1v) is 22.3. The number of hydrogen-bond acceptors (Lipinski definition) is 12. The van der Waals surface area contributed by atoms with E-state index in [-0.39, 0.29) is 12.1 Å². The molecule has 6 aromatic heterocycles. The van der Waals surface area contributed by atoms with E-state index in [4.69, 9.17) is 0 Å². The summed E-state index contributed by atoms with van der Waals surface area (Å²) in [5.41, 5.74) is 14.5. The highest BCUT2D eigenvalue weighted by Crippen LogP contribution is 2.43. The third-order valence-corrected chi connectivity index (χ3v) is 13.1. The van der Waals surface area contributed by atoms with Gasteiger partial charge < -0.3 is 20.8 Å². The Labute approximate surface area is 378 Å². The number of fused-ring (bicyclic) bond motifs is 6. The predicted octanol–water partition coefficient (Wildman–Crippen LogP) is 8.71. The Balaban J connectivity index is 0.000000146. The second-order valence-electron chi connectivity index (χ2n) is 17.5. The topological polar surface area (TPSA) is 176 Å². The molecule has 8 aromatic rings. The van der Waals surface area contributed by atoms with Crippen LogP contribution < -0.4 is 10.6 Å². The van der Waals surface area contributed by atoms with E-state index >= 15 is 0 Å². The van der Waals surface area contributed by atoms with Gasteiger partial charge in [0.05, 0.1) is 37.0 Å². The molecule has 2 aromatic carbocycles. The zero-order valence-electron chi connectivity index (χ0n) is 36.3. The molecular formula is C50H46F2N12O2. The second kappa shape index (κ2) is 16.9. The Morgan fingerprint density at radius 2 is 1.03 bits per heavy atom. The summed E-state index contributed by atoms with van der Waals surface area (Å²) in [6.07, 6.45) is 15.0. The van der Waals surface area contributed by atoms with Crippen LogP contribution >= 0.6 is 0 Å². The fraction of sp³-hybridized carbons (Fsp3) is 0.280. The Morgan fingerprint density at radius 3 is 1.45 bits per heavy atom. The molecule has 4 N–H and O–H groups in total. The summed E-state index contributed by atoms with van der Waals surface area (Å²) in [5.74, 6) is 0.795. The molecule has 332 valence electrons. The second-order valence-corrected chi connectivity index (χ2v) is 17.5. The molecule has 0 amide bonds. The number of aliphatic hydroxyl groups is 2. The van der Waals surface area contributed by atoms with Crippen LogP contribution in [0.3, 0.4) is 0 Å². The van der Waals surface area contributed by atoms with Crippen molar-refractivity contribution < 1.29 is 19.0 Å². The van der Waals surface area contributed by atoms with Crippen LogP contribution in [-0.2, 0) is 12.8 Å². The monoisotopic (exact) mass is 884 g/mol. The largest absolute Gasteiger partial charge is 0.389 e. The van der Waals surface area contributed by atoms with Gasteiger partial charge in [-0.05, 0) is 111 Å². The van der Waals surface area contributed by atoms with E-state index in [1.54, 1.807) is 35.3 Å². The summed E-state index contributed by atoms with van der Waals surface area (Å²) in [7, 11) is 0. The molecule has 0 fully saturated rings. The zero-order chi connectivity index (χ0) is 45.1. The first-order chi connectivity index (χ1) is 32.1. The lowest BCUT2D eigenvalue weighted by atomic mass is 9.88. The summed E-state index contributed by atoms with van der Waals surface area (Å²) in [5, 5.41) is 36.4. The maximum Gasteiger partial charge on any atom is 0.228 e. The lowest BCUT2D eigenvalue weighted by Crippen LogP contribution is -2.25. The molecule has 0 saturated carbocycles. The van der Waals surface area contributed by atoms with Crippen molar-refractivity contribution in [1.29, 1.82) is 0 Å². The van der Waals surface area contributed by atoms with Crippen molar-refractivity contribution in [3.63, 3.8) is 0 Å². The number of aromatic nitrogens is 10. The van der Waals surface area contributed by atoms with Crippen LogP contribution in [0.1, 0.15) is 98.0 Å². The van der Waals surface area contributed by atoms with E-state index in [9.17, 15) is 19.0 Å². The third-order valence-electron chi connectivity index (χ3n) is 13.1. The first-order valence-electron chi connectivity index (χ1n) is 22.3. The van der Waals surface area contributed by atoms with Gasteiger partial charge in [-0.2, -0.15) is 29.2 Å². The summed E-state index contributed by atoms with van der Waals surface area (Å²) in [6, 6.07) is 20.3. The number of rotatable bonds is 8. The van der Waals surface area contributed by atoms with Gasteiger partial charge in [-0.3, -0.25) is 9.97 Å². The average molecular weight is 885 g/mol. The molecule has 16 heteroatoms. The minimum atomic E-state index is -0.749. The number of nitrogens with zero attached hydrogens (tertiary/aromatic N) is 10. The third kappa shape index (κ3) is 7.75. The summed E-state index contributed by atoms with van der Waals surface area (Å²) in [6.45, 7) is 3.34. The molecule has 4 aliphatic carbocycles. The van der Waals surface area contributed by atoms with Gasteiger partial charge in [-0.25, -0.2) is 18.7 Å². The summed E-state index contributed by atoms with van der Waals surface area (Å²) in [4.78, 5) is 26.4.